The molecule has 1 unspecified atom stereocenters. The summed E-state index contributed by atoms with van der Waals surface area (Å²) in [6.45, 7) is 4.56. The van der Waals surface area contributed by atoms with Crippen LogP contribution in [-0.4, -0.2) is 43.1 Å². The summed E-state index contributed by atoms with van der Waals surface area (Å²) in [5.41, 5.74) is 1.06. The van der Waals surface area contributed by atoms with Crippen LogP contribution in [0, 0.1) is 0 Å². The molecule has 0 bridgehead atoms. The Morgan fingerprint density at radius 1 is 1.19 bits per heavy atom. The van der Waals surface area contributed by atoms with Crippen molar-refractivity contribution in [2.24, 2.45) is 0 Å². The number of amides is 2. The van der Waals surface area contributed by atoms with E-state index in [-0.39, 0.29) is 18.0 Å². The minimum Gasteiger partial charge on any atom is -0.468 e. The van der Waals surface area contributed by atoms with Crippen molar-refractivity contribution in [3.63, 3.8) is 0 Å². The second-order valence-corrected chi connectivity index (χ2v) is 6.41. The molecule has 1 aromatic carbocycles. The fraction of sp³-hybridized carbons (Fsp3) is 0.400. The van der Waals surface area contributed by atoms with Gasteiger partial charge in [-0.15, -0.1) is 0 Å². The summed E-state index contributed by atoms with van der Waals surface area (Å²) < 4.78 is 10.5. The van der Waals surface area contributed by atoms with Crippen molar-refractivity contribution in [1.29, 1.82) is 0 Å². The van der Waals surface area contributed by atoms with Crippen molar-refractivity contribution in [1.82, 2.24) is 10.2 Å². The van der Waals surface area contributed by atoms with Gasteiger partial charge < -0.3 is 19.8 Å². The van der Waals surface area contributed by atoms with Crippen molar-refractivity contribution in [2.75, 3.05) is 31.6 Å². The highest BCUT2D eigenvalue weighted by Gasteiger charge is 2.25. The molecule has 0 spiro atoms. The first-order valence-corrected chi connectivity index (χ1v) is 9.27. The van der Waals surface area contributed by atoms with Crippen molar-refractivity contribution in [3.05, 3.63) is 54.0 Å². The van der Waals surface area contributed by atoms with Crippen molar-refractivity contribution in [2.45, 2.75) is 25.8 Å². The molecule has 7 heteroatoms. The number of nitrogens with zero attached hydrogens (tertiary/aromatic N) is 1. The third-order valence-electron chi connectivity index (χ3n) is 4.56. The van der Waals surface area contributed by atoms with Gasteiger partial charge in [0.2, 0.25) is 0 Å². The highest BCUT2D eigenvalue weighted by Crippen LogP contribution is 2.24. The van der Waals surface area contributed by atoms with Crippen LogP contribution in [0.3, 0.4) is 0 Å². The zero-order chi connectivity index (χ0) is 19.1. The van der Waals surface area contributed by atoms with E-state index in [1.807, 2.05) is 12.1 Å². The predicted molar refractivity (Wildman–Crippen MR) is 102 cm³/mol. The lowest BCUT2D eigenvalue weighted by Crippen LogP contribution is -2.38. The Morgan fingerprint density at radius 3 is 2.56 bits per heavy atom. The van der Waals surface area contributed by atoms with Crippen molar-refractivity contribution < 1.29 is 18.7 Å². The average molecular weight is 371 g/mol. The SMILES string of the molecule is CCOC(=O)c1ccc(NC(=O)NCC(c2ccco2)N2CCCC2)cc1. The maximum absolute atomic E-state index is 12.3. The molecule has 1 atom stereocenters. The molecule has 2 amide bonds. The summed E-state index contributed by atoms with van der Waals surface area (Å²) in [6, 6.07) is 10.1. The molecule has 1 aromatic heterocycles. The highest BCUT2D eigenvalue weighted by molar-refractivity contribution is 5.92. The lowest BCUT2D eigenvalue weighted by Gasteiger charge is -2.26. The van der Waals surface area contributed by atoms with Gasteiger partial charge in [0, 0.05) is 12.2 Å². The number of rotatable bonds is 7. The van der Waals surface area contributed by atoms with E-state index in [0.717, 1.165) is 31.7 Å². The molecule has 27 heavy (non-hydrogen) atoms. The second-order valence-electron chi connectivity index (χ2n) is 6.41. The number of furan rings is 1. The summed E-state index contributed by atoms with van der Waals surface area (Å²) in [4.78, 5) is 26.2. The Bertz CT molecular complexity index is 737. The third kappa shape index (κ3) is 5.10. The molecule has 2 N–H and O–H groups in total. The van der Waals surface area contributed by atoms with Gasteiger partial charge in [0.15, 0.2) is 0 Å². The molecule has 7 nitrogen and oxygen atoms in total. The van der Waals surface area contributed by atoms with E-state index in [1.54, 1.807) is 37.5 Å². The fourth-order valence-electron chi connectivity index (χ4n) is 3.21. The molecule has 1 saturated heterocycles. The number of hydrogen-bond acceptors (Lipinski definition) is 5. The van der Waals surface area contributed by atoms with Crippen LogP contribution in [0.1, 0.15) is 41.9 Å². The van der Waals surface area contributed by atoms with Crippen molar-refractivity contribution in [3.8, 4) is 0 Å². The normalized spacial score (nSPS) is 15.3. The second kappa shape index (κ2) is 9.23. The van der Waals surface area contributed by atoms with Gasteiger partial charge in [-0.2, -0.15) is 0 Å². The lowest BCUT2D eigenvalue weighted by atomic mass is 10.2. The number of benzene rings is 1. The Kier molecular flexibility index (Phi) is 6.49. The molecular formula is C20H25N3O4. The maximum Gasteiger partial charge on any atom is 0.338 e. The zero-order valence-corrected chi connectivity index (χ0v) is 15.4. The fourth-order valence-corrected chi connectivity index (χ4v) is 3.21. The number of likely N-dealkylation sites (tertiary alicyclic amines) is 1. The van der Waals surface area contributed by atoms with E-state index in [0.29, 0.717) is 24.4 Å². The lowest BCUT2D eigenvalue weighted by molar-refractivity contribution is 0.0526. The minimum atomic E-state index is -0.375. The molecule has 2 aromatic rings. The first-order valence-electron chi connectivity index (χ1n) is 9.27. The van der Waals surface area contributed by atoms with E-state index < -0.39 is 0 Å². The van der Waals surface area contributed by atoms with Crippen LogP contribution in [0.5, 0.6) is 0 Å². The monoisotopic (exact) mass is 371 g/mol. The molecule has 1 aliphatic heterocycles. The Balaban J connectivity index is 1.54. The number of carbonyl (C=O) groups is 2. The number of nitrogens with one attached hydrogen (secondary N) is 2. The molecule has 0 saturated carbocycles. The van der Waals surface area contributed by atoms with E-state index in [4.69, 9.17) is 9.15 Å². The van der Waals surface area contributed by atoms with Crippen LogP contribution in [-0.2, 0) is 4.74 Å². The average Bonchev–Trinajstić information content (AvgIpc) is 3.37. The zero-order valence-electron chi connectivity index (χ0n) is 15.4. The molecule has 0 aliphatic carbocycles. The molecule has 2 heterocycles. The first kappa shape index (κ1) is 19.0. The molecule has 3 rings (SSSR count). The maximum atomic E-state index is 12.3. The highest BCUT2D eigenvalue weighted by atomic mass is 16.5. The Labute approximate surface area is 158 Å². The molecule has 1 fully saturated rings. The largest absolute Gasteiger partial charge is 0.468 e. The summed E-state index contributed by atoms with van der Waals surface area (Å²) in [7, 11) is 0. The van der Waals surface area contributed by atoms with Gasteiger partial charge >= 0.3 is 12.0 Å². The summed E-state index contributed by atoms with van der Waals surface area (Å²) in [5, 5.41) is 5.69. The molecule has 144 valence electrons. The number of urea groups is 1. The third-order valence-corrected chi connectivity index (χ3v) is 4.56. The summed E-state index contributed by atoms with van der Waals surface area (Å²) in [6.07, 6.45) is 3.98. The van der Waals surface area contributed by atoms with Gasteiger partial charge in [-0.1, -0.05) is 0 Å². The molecule has 0 radical (unpaired) electrons. The van der Waals surface area contributed by atoms with Gasteiger partial charge in [-0.25, -0.2) is 9.59 Å². The first-order chi connectivity index (χ1) is 13.2. The van der Waals surface area contributed by atoms with Gasteiger partial charge in [-0.05, 0) is 69.3 Å². The molecule has 1 aliphatic rings. The van der Waals surface area contributed by atoms with Crippen LogP contribution in [0.15, 0.2) is 47.1 Å². The van der Waals surface area contributed by atoms with Crippen LogP contribution in [0.2, 0.25) is 0 Å². The number of ether oxygens (including phenoxy) is 1. The van der Waals surface area contributed by atoms with E-state index >= 15 is 0 Å². The number of carbonyl (C=O) groups excluding carboxylic acids is 2. The van der Waals surface area contributed by atoms with Crippen LogP contribution in [0.4, 0.5) is 10.5 Å². The van der Waals surface area contributed by atoms with E-state index in [1.165, 1.54) is 0 Å². The topological polar surface area (TPSA) is 83.8 Å². The quantitative estimate of drug-likeness (QED) is 0.729. The Hall–Kier alpha value is -2.80. The smallest absolute Gasteiger partial charge is 0.338 e. The van der Waals surface area contributed by atoms with Gasteiger partial charge in [0.05, 0.1) is 24.5 Å². The van der Waals surface area contributed by atoms with E-state index in [9.17, 15) is 9.59 Å². The van der Waals surface area contributed by atoms with Crippen molar-refractivity contribution >= 4 is 17.7 Å². The number of hydrogen-bond donors (Lipinski definition) is 2. The summed E-state index contributed by atoms with van der Waals surface area (Å²) >= 11 is 0. The molecular weight excluding hydrogens is 346 g/mol. The van der Waals surface area contributed by atoms with Gasteiger partial charge in [0.1, 0.15) is 5.76 Å². The number of anilines is 1. The minimum absolute atomic E-state index is 0.0273. The van der Waals surface area contributed by atoms with Crippen LogP contribution < -0.4 is 10.6 Å². The number of esters is 1. The summed E-state index contributed by atoms with van der Waals surface area (Å²) in [5.74, 6) is 0.483. The predicted octanol–water partition coefficient (Wildman–Crippen LogP) is 3.41. The van der Waals surface area contributed by atoms with E-state index in [2.05, 4.69) is 15.5 Å². The van der Waals surface area contributed by atoms with Crippen LogP contribution in [0.25, 0.3) is 0 Å². The van der Waals surface area contributed by atoms with Gasteiger partial charge in [0.25, 0.3) is 0 Å². The standard InChI is InChI=1S/C20H25N3O4/c1-2-26-19(24)15-7-9-16(10-8-15)22-20(25)21-14-17(18-6-5-13-27-18)23-11-3-4-12-23/h5-10,13,17H,2-4,11-12,14H2,1H3,(H2,21,22,25). The van der Waals surface area contributed by atoms with Crippen LogP contribution >= 0.6 is 0 Å². The Morgan fingerprint density at radius 2 is 1.93 bits per heavy atom. The van der Waals surface area contributed by atoms with Gasteiger partial charge in [-0.3, -0.25) is 4.90 Å².